The Labute approximate surface area is 144 Å². The van der Waals surface area contributed by atoms with Crippen molar-refractivity contribution in [3.63, 3.8) is 0 Å². The summed E-state index contributed by atoms with van der Waals surface area (Å²) in [6, 6.07) is 7.72. The summed E-state index contributed by atoms with van der Waals surface area (Å²) in [6.07, 6.45) is 1.67. The van der Waals surface area contributed by atoms with Crippen molar-refractivity contribution in [2.24, 2.45) is 0 Å². The van der Waals surface area contributed by atoms with Crippen LogP contribution in [0.4, 0.5) is 0 Å². The van der Waals surface area contributed by atoms with E-state index in [1.807, 2.05) is 36.1 Å². The van der Waals surface area contributed by atoms with Crippen LogP contribution < -0.4 is 5.32 Å². The second kappa shape index (κ2) is 7.42. The minimum absolute atomic E-state index is 0. The molecule has 7 heteroatoms. The van der Waals surface area contributed by atoms with Gasteiger partial charge in [-0.05, 0) is 24.6 Å². The first-order chi connectivity index (χ1) is 10.1. The predicted octanol–water partition coefficient (Wildman–Crippen LogP) is 3.31. The lowest BCUT2D eigenvalue weighted by Gasteiger charge is -2.36. The molecule has 2 aromatic rings. The van der Waals surface area contributed by atoms with Gasteiger partial charge in [-0.3, -0.25) is 4.79 Å². The van der Waals surface area contributed by atoms with E-state index in [4.69, 9.17) is 11.6 Å². The molecular weight excluding hydrogens is 341 g/mol. The van der Waals surface area contributed by atoms with Gasteiger partial charge in [0.15, 0.2) is 0 Å². The van der Waals surface area contributed by atoms with Crippen LogP contribution in [0, 0.1) is 6.92 Å². The average Bonchev–Trinajstić information content (AvgIpc) is 2.93. The molecule has 1 amide bonds. The number of benzene rings is 1. The van der Waals surface area contributed by atoms with Crippen LogP contribution in [0.2, 0.25) is 5.02 Å². The zero-order valence-corrected chi connectivity index (χ0v) is 14.5. The van der Waals surface area contributed by atoms with Gasteiger partial charge in [0.1, 0.15) is 4.88 Å². The summed E-state index contributed by atoms with van der Waals surface area (Å²) in [4.78, 5) is 19.5. The normalized spacial score (nSPS) is 17.9. The highest BCUT2D eigenvalue weighted by Crippen LogP contribution is 2.27. The Kier molecular flexibility index (Phi) is 5.81. The smallest absolute Gasteiger partial charge is 0.266 e. The van der Waals surface area contributed by atoms with E-state index in [9.17, 15) is 4.79 Å². The molecular formula is C15H17Cl2N3OS. The standard InChI is InChI=1S/C15H16ClN3OS.ClH/c1-10-18-9-14(21-10)15(20)19-6-5-17-8-13(19)11-3-2-4-12(16)7-11;/h2-4,7,9,13,17H,5-6,8H2,1H3;1H. The molecule has 118 valence electrons. The minimum Gasteiger partial charge on any atom is -0.328 e. The van der Waals surface area contributed by atoms with Crippen molar-refractivity contribution in [3.05, 3.63) is 50.9 Å². The predicted molar refractivity (Wildman–Crippen MR) is 92.2 cm³/mol. The SMILES string of the molecule is Cc1ncc(C(=O)N2CCNCC2c2cccc(Cl)c2)s1.Cl. The number of hydrogen-bond donors (Lipinski definition) is 1. The molecule has 1 N–H and O–H groups in total. The van der Waals surface area contributed by atoms with E-state index >= 15 is 0 Å². The Bertz CT molecular complexity index is 662. The quantitative estimate of drug-likeness (QED) is 0.896. The molecule has 1 aromatic carbocycles. The van der Waals surface area contributed by atoms with Gasteiger partial charge < -0.3 is 10.2 Å². The molecule has 1 fully saturated rings. The summed E-state index contributed by atoms with van der Waals surface area (Å²) in [6.45, 7) is 4.14. The highest BCUT2D eigenvalue weighted by Gasteiger charge is 2.29. The second-order valence-electron chi connectivity index (χ2n) is 5.02. The van der Waals surface area contributed by atoms with Crippen LogP contribution in [0.25, 0.3) is 0 Å². The van der Waals surface area contributed by atoms with Crippen molar-refractivity contribution in [1.29, 1.82) is 0 Å². The Morgan fingerprint density at radius 1 is 1.50 bits per heavy atom. The van der Waals surface area contributed by atoms with Gasteiger partial charge in [-0.15, -0.1) is 23.7 Å². The fourth-order valence-corrected chi connectivity index (χ4v) is 3.49. The second-order valence-corrected chi connectivity index (χ2v) is 6.69. The Morgan fingerprint density at radius 2 is 2.32 bits per heavy atom. The van der Waals surface area contributed by atoms with Crippen molar-refractivity contribution in [3.8, 4) is 0 Å². The van der Waals surface area contributed by atoms with Gasteiger partial charge in [-0.1, -0.05) is 23.7 Å². The number of carbonyl (C=O) groups excluding carboxylic acids is 1. The van der Waals surface area contributed by atoms with E-state index in [1.165, 1.54) is 11.3 Å². The highest BCUT2D eigenvalue weighted by atomic mass is 35.5. The van der Waals surface area contributed by atoms with Crippen LogP contribution in [0.1, 0.15) is 26.3 Å². The van der Waals surface area contributed by atoms with Gasteiger partial charge in [0, 0.05) is 24.7 Å². The third-order valence-corrected chi connectivity index (χ3v) is 4.71. The van der Waals surface area contributed by atoms with E-state index in [0.29, 0.717) is 16.4 Å². The molecule has 1 aliphatic rings. The Hall–Kier alpha value is -1.14. The highest BCUT2D eigenvalue weighted by molar-refractivity contribution is 7.13. The molecule has 0 saturated carbocycles. The first kappa shape index (κ1) is 17.2. The molecule has 1 aromatic heterocycles. The summed E-state index contributed by atoms with van der Waals surface area (Å²) in [5.74, 6) is 0.0482. The minimum atomic E-state index is 0. The first-order valence-corrected chi connectivity index (χ1v) is 8.04. The molecule has 1 atom stereocenters. The van der Waals surface area contributed by atoms with E-state index in [1.54, 1.807) is 6.20 Å². The number of nitrogens with zero attached hydrogens (tertiary/aromatic N) is 2. The van der Waals surface area contributed by atoms with Crippen LogP contribution in [0.3, 0.4) is 0 Å². The van der Waals surface area contributed by atoms with E-state index in [-0.39, 0.29) is 24.4 Å². The molecule has 22 heavy (non-hydrogen) atoms. The zero-order chi connectivity index (χ0) is 14.8. The lowest BCUT2D eigenvalue weighted by molar-refractivity contribution is 0.0639. The number of aromatic nitrogens is 1. The van der Waals surface area contributed by atoms with Crippen molar-refractivity contribution in [1.82, 2.24) is 15.2 Å². The third-order valence-electron chi connectivity index (χ3n) is 3.57. The monoisotopic (exact) mass is 357 g/mol. The van der Waals surface area contributed by atoms with Crippen LogP contribution >= 0.6 is 35.3 Å². The maximum atomic E-state index is 12.7. The summed E-state index contributed by atoms with van der Waals surface area (Å²) in [5, 5.41) is 4.95. The van der Waals surface area contributed by atoms with E-state index in [2.05, 4.69) is 10.3 Å². The molecule has 1 unspecified atom stereocenters. The van der Waals surface area contributed by atoms with Crippen LogP contribution in [-0.4, -0.2) is 35.4 Å². The number of aryl methyl sites for hydroxylation is 1. The number of amides is 1. The van der Waals surface area contributed by atoms with Crippen molar-refractivity contribution >= 4 is 41.3 Å². The molecule has 2 heterocycles. The number of nitrogens with one attached hydrogen (secondary N) is 1. The van der Waals surface area contributed by atoms with Gasteiger partial charge in [0.05, 0.1) is 17.2 Å². The topological polar surface area (TPSA) is 45.2 Å². The summed E-state index contributed by atoms with van der Waals surface area (Å²) < 4.78 is 0. The lowest BCUT2D eigenvalue weighted by atomic mass is 10.0. The van der Waals surface area contributed by atoms with Gasteiger partial charge >= 0.3 is 0 Å². The van der Waals surface area contributed by atoms with E-state index < -0.39 is 0 Å². The summed E-state index contributed by atoms with van der Waals surface area (Å²) in [5.41, 5.74) is 1.06. The number of hydrogen-bond acceptors (Lipinski definition) is 4. The molecule has 3 rings (SSSR count). The molecule has 0 aliphatic carbocycles. The molecule has 0 bridgehead atoms. The van der Waals surface area contributed by atoms with E-state index in [0.717, 1.165) is 23.7 Å². The van der Waals surface area contributed by atoms with Crippen molar-refractivity contribution in [2.75, 3.05) is 19.6 Å². The fourth-order valence-electron chi connectivity index (χ4n) is 2.56. The number of piperazine rings is 1. The third kappa shape index (κ3) is 3.60. The lowest BCUT2D eigenvalue weighted by Crippen LogP contribution is -2.48. The van der Waals surface area contributed by atoms with Gasteiger partial charge in [0.25, 0.3) is 5.91 Å². The molecule has 4 nitrogen and oxygen atoms in total. The van der Waals surface area contributed by atoms with Crippen LogP contribution in [-0.2, 0) is 0 Å². The maximum absolute atomic E-state index is 12.7. The number of rotatable bonds is 2. The molecule has 0 spiro atoms. The van der Waals surface area contributed by atoms with Crippen LogP contribution in [0.5, 0.6) is 0 Å². The van der Waals surface area contributed by atoms with Gasteiger partial charge in [0.2, 0.25) is 0 Å². The average molecular weight is 358 g/mol. The maximum Gasteiger partial charge on any atom is 0.266 e. The molecule has 1 aliphatic heterocycles. The van der Waals surface area contributed by atoms with Crippen LogP contribution in [0.15, 0.2) is 30.5 Å². The van der Waals surface area contributed by atoms with Gasteiger partial charge in [-0.2, -0.15) is 0 Å². The van der Waals surface area contributed by atoms with Crippen molar-refractivity contribution < 1.29 is 4.79 Å². The Balaban J connectivity index is 0.00000176. The summed E-state index contributed by atoms with van der Waals surface area (Å²) >= 11 is 7.52. The molecule has 1 saturated heterocycles. The largest absolute Gasteiger partial charge is 0.328 e. The zero-order valence-electron chi connectivity index (χ0n) is 12.1. The first-order valence-electron chi connectivity index (χ1n) is 6.85. The molecule has 0 radical (unpaired) electrons. The number of thiazole rings is 1. The number of carbonyl (C=O) groups is 1. The fraction of sp³-hybridized carbons (Fsp3) is 0.333. The summed E-state index contributed by atoms with van der Waals surface area (Å²) in [7, 11) is 0. The number of halogens is 2. The Morgan fingerprint density at radius 3 is 3.00 bits per heavy atom. The van der Waals surface area contributed by atoms with Gasteiger partial charge in [-0.25, -0.2) is 4.98 Å². The van der Waals surface area contributed by atoms with Crippen molar-refractivity contribution in [2.45, 2.75) is 13.0 Å².